The molecule has 106 valence electrons. The van der Waals surface area contributed by atoms with Gasteiger partial charge in [0.2, 0.25) is 5.91 Å². The highest BCUT2D eigenvalue weighted by molar-refractivity contribution is 5.75. The molecule has 0 aliphatic heterocycles. The number of amides is 1. The van der Waals surface area contributed by atoms with Gasteiger partial charge in [0.15, 0.2) is 0 Å². The molecule has 0 aliphatic carbocycles. The second kappa shape index (κ2) is 8.57. The SMILES string of the molecule is CCCCC(=O)NCCN(CC)c1cccc(C)c1. The highest BCUT2D eigenvalue weighted by Crippen LogP contribution is 2.14. The zero-order valence-electron chi connectivity index (χ0n) is 12.4. The van der Waals surface area contributed by atoms with Crippen molar-refractivity contribution in [3.8, 4) is 0 Å². The number of carbonyl (C=O) groups is 1. The van der Waals surface area contributed by atoms with Crippen LogP contribution in [0.1, 0.15) is 38.7 Å². The maximum Gasteiger partial charge on any atom is 0.220 e. The van der Waals surface area contributed by atoms with Crippen molar-refractivity contribution < 1.29 is 4.79 Å². The van der Waals surface area contributed by atoms with Crippen molar-refractivity contribution in [1.82, 2.24) is 5.32 Å². The normalized spacial score (nSPS) is 10.3. The van der Waals surface area contributed by atoms with Crippen LogP contribution in [0.3, 0.4) is 0 Å². The van der Waals surface area contributed by atoms with Gasteiger partial charge >= 0.3 is 0 Å². The molecule has 0 atom stereocenters. The average molecular weight is 262 g/mol. The lowest BCUT2D eigenvalue weighted by atomic mass is 10.2. The molecule has 0 spiro atoms. The lowest BCUT2D eigenvalue weighted by Gasteiger charge is -2.23. The van der Waals surface area contributed by atoms with Crippen LogP contribution in [0, 0.1) is 6.92 Å². The van der Waals surface area contributed by atoms with Gasteiger partial charge in [0.1, 0.15) is 0 Å². The van der Waals surface area contributed by atoms with Gasteiger partial charge in [-0.15, -0.1) is 0 Å². The van der Waals surface area contributed by atoms with Crippen molar-refractivity contribution in [1.29, 1.82) is 0 Å². The average Bonchev–Trinajstić information content (AvgIpc) is 2.41. The topological polar surface area (TPSA) is 32.3 Å². The van der Waals surface area contributed by atoms with E-state index in [1.807, 2.05) is 0 Å². The minimum Gasteiger partial charge on any atom is -0.370 e. The Morgan fingerprint density at radius 1 is 1.32 bits per heavy atom. The number of nitrogens with one attached hydrogen (secondary N) is 1. The quantitative estimate of drug-likeness (QED) is 0.780. The van der Waals surface area contributed by atoms with Crippen molar-refractivity contribution in [2.45, 2.75) is 40.0 Å². The Hall–Kier alpha value is -1.51. The monoisotopic (exact) mass is 262 g/mol. The van der Waals surface area contributed by atoms with Gasteiger partial charge in [0.25, 0.3) is 0 Å². The number of hydrogen-bond donors (Lipinski definition) is 1. The maximum absolute atomic E-state index is 11.5. The summed E-state index contributed by atoms with van der Waals surface area (Å²) >= 11 is 0. The van der Waals surface area contributed by atoms with E-state index in [2.05, 4.69) is 55.3 Å². The van der Waals surface area contributed by atoms with Crippen LogP contribution in [-0.4, -0.2) is 25.5 Å². The molecule has 1 amide bonds. The number of likely N-dealkylation sites (N-methyl/N-ethyl adjacent to an activating group) is 1. The molecule has 1 aromatic carbocycles. The number of carbonyl (C=O) groups excluding carboxylic acids is 1. The van der Waals surface area contributed by atoms with Crippen molar-refractivity contribution in [2.75, 3.05) is 24.5 Å². The number of anilines is 1. The fourth-order valence-electron chi connectivity index (χ4n) is 2.05. The molecule has 0 bridgehead atoms. The van der Waals surface area contributed by atoms with Gasteiger partial charge in [-0.25, -0.2) is 0 Å². The summed E-state index contributed by atoms with van der Waals surface area (Å²) in [6.45, 7) is 8.87. The molecule has 1 aromatic rings. The molecule has 3 heteroatoms. The summed E-state index contributed by atoms with van der Waals surface area (Å²) in [6.07, 6.45) is 2.69. The minimum atomic E-state index is 0.169. The van der Waals surface area contributed by atoms with Crippen LogP contribution in [0.2, 0.25) is 0 Å². The number of benzene rings is 1. The van der Waals surface area contributed by atoms with Crippen LogP contribution in [-0.2, 0) is 4.79 Å². The van der Waals surface area contributed by atoms with E-state index in [1.165, 1.54) is 11.3 Å². The molecule has 0 unspecified atom stereocenters. The number of nitrogens with zero attached hydrogens (tertiary/aromatic N) is 1. The third-order valence-electron chi connectivity index (χ3n) is 3.21. The Morgan fingerprint density at radius 3 is 2.74 bits per heavy atom. The lowest BCUT2D eigenvalue weighted by molar-refractivity contribution is -0.121. The minimum absolute atomic E-state index is 0.169. The first-order valence-electron chi connectivity index (χ1n) is 7.25. The van der Waals surface area contributed by atoms with Crippen LogP contribution < -0.4 is 10.2 Å². The third-order valence-corrected chi connectivity index (χ3v) is 3.21. The Bertz CT molecular complexity index is 390. The molecule has 0 saturated heterocycles. The summed E-state index contributed by atoms with van der Waals surface area (Å²) in [7, 11) is 0. The van der Waals surface area contributed by atoms with Crippen LogP contribution >= 0.6 is 0 Å². The number of unbranched alkanes of at least 4 members (excludes halogenated alkanes) is 1. The van der Waals surface area contributed by atoms with Crippen LogP contribution in [0.5, 0.6) is 0 Å². The van der Waals surface area contributed by atoms with Gasteiger partial charge < -0.3 is 10.2 Å². The molecule has 0 heterocycles. The summed E-state index contributed by atoms with van der Waals surface area (Å²) in [5.74, 6) is 0.169. The van der Waals surface area contributed by atoms with Crippen molar-refractivity contribution in [3.63, 3.8) is 0 Å². The van der Waals surface area contributed by atoms with Crippen molar-refractivity contribution in [3.05, 3.63) is 29.8 Å². The predicted molar refractivity (Wildman–Crippen MR) is 81.6 cm³/mol. The predicted octanol–water partition coefficient (Wildman–Crippen LogP) is 3.13. The van der Waals surface area contributed by atoms with Crippen LogP contribution in [0.25, 0.3) is 0 Å². The first-order valence-corrected chi connectivity index (χ1v) is 7.25. The van der Waals surface area contributed by atoms with Gasteiger partial charge in [0.05, 0.1) is 0 Å². The van der Waals surface area contributed by atoms with Gasteiger partial charge in [-0.3, -0.25) is 4.79 Å². The van der Waals surface area contributed by atoms with E-state index in [1.54, 1.807) is 0 Å². The van der Waals surface area contributed by atoms with Crippen molar-refractivity contribution in [2.24, 2.45) is 0 Å². The summed E-state index contributed by atoms with van der Waals surface area (Å²) in [6, 6.07) is 8.48. The first kappa shape index (κ1) is 15.5. The lowest BCUT2D eigenvalue weighted by Crippen LogP contribution is -2.34. The molecule has 1 rings (SSSR count). The fourth-order valence-corrected chi connectivity index (χ4v) is 2.05. The largest absolute Gasteiger partial charge is 0.370 e. The molecule has 0 aliphatic rings. The zero-order valence-corrected chi connectivity index (χ0v) is 12.4. The van der Waals surface area contributed by atoms with Gasteiger partial charge in [-0.2, -0.15) is 0 Å². The standard InChI is InChI=1S/C16H26N2O/c1-4-6-10-16(19)17-11-12-18(5-2)15-9-7-8-14(3)13-15/h7-9,13H,4-6,10-12H2,1-3H3,(H,17,19). The molecule has 0 fully saturated rings. The second-order valence-electron chi connectivity index (χ2n) is 4.87. The molecule has 1 N–H and O–H groups in total. The Kier molecular flexibility index (Phi) is 7.01. The molecule has 0 radical (unpaired) electrons. The van der Waals surface area contributed by atoms with E-state index in [4.69, 9.17) is 0 Å². The van der Waals surface area contributed by atoms with Gasteiger partial charge in [0, 0.05) is 31.7 Å². The molecule has 0 saturated carbocycles. The van der Waals surface area contributed by atoms with E-state index in [9.17, 15) is 4.79 Å². The van der Waals surface area contributed by atoms with Crippen molar-refractivity contribution >= 4 is 11.6 Å². The Morgan fingerprint density at radius 2 is 2.11 bits per heavy atom. The Labute approximate surface area is 117 Å². The number of rotatable bonds is 8. The molecule has 0 aromatic heterocycles. The fraction of sp³-hybridized carbons (Fsp3) is 0.562. The Balaban J connectivity index is 2.39. The van der Waals surface area contributed by atoms with E-state index in [0.717, 1.165) is 25.9 Å². The molecule has 3 nitrogen and oxygen atoms in total. The zero-order chi connectivity index (χ0) is 14.1. The molecule has 19 heavy (non-hydrogen) atoms. The molecular weight excluding hydrogens is 236 g/mol. The van der Waals surface area contributed by atoms with Crippen LogP contribution in [0.15, 0.2) is 24.3 Å². The van der Waals surface area contributed by atoms with Gasteiger partial charge in [-0.1, -0.05) is 25.5 Å². The summed E-state index contributed by atoms with van der Waals surface area (Å²) in [4.78, 5) is 13.8. The summed E-state index contributed by atoms with van der Waals surface area (Å²) in [5, 5.41) is 2.99. The number of hydrogen-bond acceptors (Lipinski definition) is 2. The van der Waals surface area contributed by atoms with E-state index < -0.39 is 0 Å². The number of aryl methyl sites for hydroxylation is 1. The van der Waals surface area contributed by atoms with E-state index in [0.29, 0.717) is 13.0 Å². The van der Waals surface area contributed by atoms with E-state index in [-0.39, 0.29) is 5.91 Å². The second-order valence-corrected chi connectivity index (χ2v) is 4.87. The highest BCUT2D eigenvalue weighted by Gasteiger charge is 2.05. The third kappa shape index (κ3) is 5.77. The first-order chi connectivity index (χ1) is 9.17. The summed E-state index contributed by atoms with van der Waals surface area (Å²) in [5.41, 5.74) is 2.49. The maximum atomic E-state index is 11.5. The summed E-state index contributed by atoms with van der Waals surface area (Å²) < 4.78 is 0. The van der Waals surface area contributed by atoms with E-state index >= 15 is 0 Å². The van der Waals surface area contributed by atoms with Gasteiger partial charge in [-0.05, 0) is 38.0 Å². The van der Waals surface area contributed by atoms with Crippen LogP contribution in [0.4, 0.5) is 5.69 Å². The smallest absolute Gasteiger partial charge is 0.220 e. The highest BCUT2D eigenvalue weighted by atomic mass is 16.1. The molecular formula is C16H26N2O.